The fourth-order valence-electron chi connectivity index (χ4n) is 3.68. The summed E-state index contributed by atoms with van der Waals surface area (Å²) in [5.41, 5.74) is 8.04. The zero-order valence-electron chi connectivity index (χ0n) is 12.8. The molecule has 0 bridgehead atoms. The molecule has 3 nitrogen and oxygen atoms in total. The molecule has 3 N–H and O–H groups in total. The van der Waals surface area contributed by atoms with Crippen LogP contribution in [0.2, 0.25) is 0 Å². The standard InChI is InChI=1S/C17H27N3.ClH/c1-13-16(12-19-20-13)11-18-17(15-9-5-6-10-15)14-7-3-2-4-8-14;/h2-4,7-8,13,15-20H,5-6,9-12H2,1H3;1H. The van der Waals surface area contributed by atoms with Gasteiger partial charge in [-0.25, -0.2) is 0 Å². The van der Waals surface area contributed by atoms with Crippen molar-refractivity contribution < 1.29 is 0 Å². The molecule has 1 heterocycles. The fourth-order valence-corrected chi connectivity index (χ4v) is 3.68. The molecule has 0 aromatic heterocycles. The maximum absolute atomic E-state index is 3.87. The Balaban J connectivity index is 0.00000161. The maximum atomic E-state index is 3.87. The normalized spacial score (nSPS) is 27.5. The number of hydrazine groups is 1. The van der Waals surface area contributed by atoms with Gasteiger partial charge in [0, 0.05) is 31.1 Å². The fraction of sp³-hybridized carbons (Fsp3) is 0.647. The highest BCUT2D eigenvalue weighted by Gasteiger charge is 2.28. The molecular weight excluding hydrogens is 282 g/mol. The minimum atomic E-state index is 0. The summed E-state index contributed by atoms with van der Waals surface area (Å²) in [7, 11) is 0. The van der Waals surface area contributed by atoms with Gasteiger partial charge in [-0.2, -0.15) is 0 Å². The molecule has 2 fully saturated rings. The van der Waals surface area contributed by atoms with E-state index in [9.17, 15) is 0 Å². The SMILES string of the molecule is CC1NNCC1CNC(c1ccccc1)C1CCCC1.Cl. The predicted molar refractivity (Wildman–Crippen MR) is 90.5 cm³/mol. The second-order valence-corrected chi connectivity index (χ2v) is 6.42. The molecular formula is C17H28ClN3. The Bertz CT molecular complexity index is 406. The smallest absolute Gasteiger partial charge is 0.0348 e. The number of benzene rings is 1. The molecule has 3 rings (SSSR count). The first-order valence-electron chi connectivity index (χ1n) is 8.11. The van der Waals surface area contributed by atoms with Crippen molar-refractivity contribution in [3.05, 3.63) is 35.9 Å². The Hall–Kier alpha value is -0.610. The predicted octanol–water partition coefficient (Wildman–Crippen LogP) is 3.04. The molecule has 2 aliphatic rings. The summed E-state index contributed by atoms with van der Waals surface area (Å²) in [6.07, 6.45) is 5.56. The van der Waals surface area contributed by atoms with Crippen molar-refractivity contribution in [1.82, 2.24) is 16.2 Å². The van der Waals surface area contributed by atoms with Crippen LogP contribution >= 0.6 is 12.4 Å². The van der Waals surface area contributed by atoms with Gasteiger partial charge in [-0.1, -0.05) is 43.2 Å². The zero-order valence-corrected chi connectivity index (χ0v) is 13.7. The molecule has 1 aromatic carbocycles. The largest absolute Gasteiger partial charge is 0.309 e. The van der Waals surface area contributed by atoms with Gasteiger partial charge in [-0.05, 0) is 31.2 Å². The second kappa shape index (κ2) is 8.14. The molecule has 0 spiro atoms. The number of hydrogen-bond acceptors (Lipinski definition) is 3. The summed E-state index contributed by atoms with van der Waals surface area (Å²) >= 11 is 0. The molecule has 21 heavy (non-hydrogen) atoms. The van der Waals surface area contributed by atoms with Crippen LogP contribution in [-0.4, -0.2) is 19.1 Å². The van der Waals surface area contributed by atoms with Crippen LogP contribution in [0.5, 0.6) is 0 Å². The van der Waals surface area contributed by atoms with Crippen LogP contribution in [0.3, 0.4) is 0 Å². The first-order chi connectivity index (χ1) is 9.84. The van der Waals surface area contributed by atoms with E-state index >= 15 is 0 Å². The van der Waals surface area contributed by atoms with Gasteiger partial charge in [0.05, 0.1) is 0 Å². The average Bonchev–Trinajstić information content (AvgIpc) is 3.13. The van der Waals surface area contributed by atoms with Crippen molar-refractivity contribution in [1.29, 1.82) is 0 Å². The third kappa shape index (κ3) is 4.19. The van der Waals surface area contributed by atoms with Crippen LogP contribution in [-0.2, 0) is 0 Å². The topological polar surface area (TPSA) is 36.1 Å². The molecule has 1 aliphatic carbocycles. The van der Waals surface area contributed by atoms with E-state index in [4.69, 9.17) is 0 Å². The van der Waals surface area contributed by atoms with Gasteiger partial charge in [-0.15, -0.1) is 12.4 Å². The number of nitrogens with one attached hydrogen (secondary N) is 3. The van der Waals surface area contributed by atoms with E-state index in [1.165, 1.54) is 31.2 Å². The minimum absolute atomic E-state index is 0. The summed E-state index contributed by atoms with van der Waals surface area (Å²) < 4.78 is 0. The van der Waals surface area contributed by atoms with Crippen molar-refractivity contribution in [2.24, 2.45) is 11.8 Å². The molecule has 1 aromatic rings. The molecule has 3 atom stereocenters. The molecule has 3 unspecified atom stereocenters. The van der Waals surface area contributed by atoms with E-state index < -0.39 is 0 Å². The minimum Gasteiger partial charge on any atom is -0.309 e. The highest BCUT2D eigenvalue weighted by molar-refractivity contribution is 5.85. The van der Waals surface area contributed by atoms with Gasteiger partial charge in [0.25, 0.3) is 0 Å². The van der Waals surface area contributed by atoms with Crippen LogP contribution in [0.4, 0.5) is 0 Å². The molecule has 1 saturated heterocycles. The Kier molecular flexibility index (Phi) is 6.49. The summed E-state index contributed by atoms with van der Waals surface area (Å²) in [5, 5.41) is 3.87. The van der Waals surface area contributed by atoms with Crippen LogP contribution in [0, 0.1) is 11.8 Å². The van der Waals surface area contributed by atoms with E-state index in [1.54, 1.807) is 0 Å². The van der Waals surface area contributed by atoms with Crippen molar-refractivity contribution in [3.63, 3.8) is 0 Å². The van der Waals surface area contributed by atoms with E-state index in [0.717, 1.165) is 19.0 Å². The summed E-state index contributed by atoms with van der Waals surface area (Å²) in [6, 6.07) is 12.1. The van der Waals surface area contributed by atoms with Crippen molar-refractivity contribution >= 4 is 12.4 Å². The Labute approximate surface area is 134 Å². The van der Waals surface area contributed by atoms with E-state index in [2.05, 4.69) is 53.4 Å². The van der Waals surface area contributed by atoms with E-state index in [1.807, 2.05) is 0 Å². The number of rotatable bonds is 5. The lowest BCUT2D eigenvalue weighted by molar-refractivity contribution is 0.335. The van der Waals surface area contributed by atoms with Gasteiger partial charge in [-0.3, -0.25) is 10.9 Å². The summed E-state index contributed by atoms with van der Waals surface area (Å²) in [4.78, 5) is 0. The molecule has 1 aliphatic heterocycles. The second-order valence-electron chi connectivity index (χ2n) is 6.42. The van der Waals surface area contributed by atoms with Crippen LogP contribution in [0.15, 0.2) is 30.3 Å². The lowest BCUT2D eigenvalue weighted by atomic mass is 9.91. The Morgan fingerprint density at radius 1 is 1.19 bits per heavy atom. The Morgan fingerprint density at radius 3 is 2.52 bits per heavy atom. The number of hydrogen-bond donors (Lipinski definition) is 3. The maximum Gasteiger partial charge on any atom is 0.0348 e. The highest BCUT2D eigenvalue weighted by Crippen LogP contribution is 2.35. The molecule has 0 radical (unpaired) electrons. The first-order valence-corrected chi connectivity index (χ1v) is 8.11. The van der Waals surface area contributed by atoms with Gasteiger partial charge < -0.3 is 5.32 Å². The van der Waals surface area contributed by atoms with Crippen LogP contribution in [0.1, 0.15) is 44.2 Å². The first kappa shape index (κ1) is 16.8. The van der Waals surface area contributed by atoms with Crippen LogP contribution in [0.25, 0.3) is 0 Å². The lowest BCUT2D eigenvalue weighted by Crippen LogP contribution is -2.36. The Morgan fingerprint density at radius 2 is 1.90 bits per heavy atom. The van der Waals surface area contributed by atoms with Crippen molar-refractivity contribution in [3.8, 4) is 0 Å². The van der Waals surface area contributed by atoms with Crippen molar-refractivity contribution in [2.75, 3.05) is 13.1 Å². The highest BCUT2D eigenvalue weighted by atomic mass is 35.5. The quantitative estimate of drug-likeness (QED) is 0.782. The van der Waals surface area contributed by atoms with Gasteiger partial charge in [0.2, 0.25) is 0 Å². The third-order valence-electron chi connectivity index (χ3n) is 5.03. The molecule has 0 amide bonds. The van der Waals surface area contributed by atoms with E-state index in [-0.39, 0.29) is 12.4 Å². The van der Waals surface area contributed by atoms with Gasteiger partial charge in [0.1, 0.15) is 0 Å². The average molecular weight is 310 g/mol. The van der Waals surface area contributed by atoms with Crippen LogP contribution < -0.4 is 16.2 Å². The van der Waals surface area contributed by atoms with Gasteiger partial charge >= 0.3 is 0 Å². The third-order valence-corrected chi connectivity index (χ3v) is 5.03. The summed E-state index contributed by atoms with van der Waals surface area (Å²) in [6.45, 7) is 4.43. The van der Waals surface area contributed by atoms with E-state index in [0.29, 0.717) is 18.0 Å². The lowest BCUT2D eigenvalue weighted by Gasteiger charge is -2.27. The molecule has 1 saturated carbocycles. The number of halogens is 1. The van der Waals surface area contributed by atoms with Crippen molar-refractivity contribution in [2.45, 2.75) is 44.7 Å². The monoisotopic (exact) mass is 309 g/mol. The molecule has 118 valence electrons. The van der Waals surface area contributed by atoms with Gasteiger partial charge in [0.15, 0.2) is 0 Å². The zero-order chi connectivity index (χ0) is 13.8. The molecule has 4 heteroatoms. The summed E-state index contributed by atoms with van der Waals surface area (Å²) in [5.74, 6) is 1.50.